The third-order valence-corrected chi connectivity index (χ3v) is 5.24. The van der Waals surface area contributed by atoms with Crippen LogP contribution in [0, 0.1) is 11.8 Å². The minimum Gasteiger partial charge on any atom is -0.329 e. The van der Waals surface area contributed by atoms with Crippen molar-refractivity contribution in [3.63, 3.8) is 0 Å². The number of piperidine rings is 1. The van der Waals surface area contributed by atoms with E-state index in [2.05, 4.69) is 18.7 Å². The van der Waals surface area contributed by atoms with Crippen molar-refractivity contribution in [1.29, 1.82) is 0 Å². The third-order valence-electron chi connectivity index (χ3n) is 5.24. The van der Waals surface area contributed by atoms with Crippen LogP contribution >= 0.6 is 0 Å². The van der Waals surface area contributed by atoms with Crippen LogP contribution in [0.1, 0.15) is 52.4 Å². The molecule has 0 aromatic rings. The average molecular weight is 224 g/mol. The van der Waals surface area contributed by atoms with Gasteiger partial charge in [-0.2, -0.15) is 0 Å². The molecule has 1 heterocycles. The topological polar surface area (TPSA) is 29.3 Å². The second-order valence-electron chi connectivity index (χ2n) is 5.96. The van der Waals surface area contributed by atoms with Gasteiger partial charge in [0.05, 0.1) is 0 Å². The van der Waals surface area contributed by atoms with Crippen molar-refractivity contribution in [2.24, 2.45) is 17.6 Å². The normalized spacial score (nSPS) is 41.4. The molecule has 2 heteroatoms. The van der Waals surface area contributed by atoms with E-state index >= 15 is 0 Å². The van der Waals surface area contributed by atoms with E-state index in [0.717, 1.165) is 18.4 Å². The maximum atomic E-state index is 6.14. The molecule has 0 amide bonds. The number of likely N-dealkylation sites (tertiary alicyclic amines) is 1. The van der Waals surface area contributed by atoms with Crippen molar-refractivity contribution in [3.8, 4) is 0 Å². The zero-order valence-corrected chi connectivity index (χ0v) is 11.0. The standard InChI is InChI=1S/C14H28N2/c1-3-13-7-5-9-16(10-13)14(11-15)8-4-6-12(14)2/h12-13H,3-11,15H2,1-2H3. The molecule has 2 nitrogen and oxygen atoms in total. The lowest BCUT2D eigenvalue weighted by molar-refractivity contribution is 0.0239. The predicted octanol–water partition coefficient (Wildman–Crippen LogP) is 2.63. The summed E-state index contributed by atoms with van der Waals surface area (Å²) in [5.74, 6) is 1.72. The summed E-state index contributed by atoms with van der Waals surface area (Å²) in [7, 11) is 0. The summed E-state index contributed by atoms with van der Waals surface area (Å²) in [6.07, 6.45) is 8.25. The summed E-state index contributed by atoms with van der Waals surface area (Å²) in [6.45, 7) is 8.21. The molecule has 2 fully saturated rings. The first-order chi connectivity index (χ1) is 7.73. The Balaban J connectivity index is 2.08. The number of hydrogen-bond acceptors (Lipinski definition) is 2. The molecule has 0 spiro atoms. The molecule has 16 heavy (non-hydrogen) atoms. The fourth-order valence-electron chi connectivity index (χ4n) is 3.93. The Morgan fingerprint density at radius 2 is 2.12 bits per heavy atom. The molecule has 2 rings (SSSR count). The van der Waals surface area contributed by atoms with Crippen LogP contribution in [0.2, 0.25) is 0 Å². The van der Waals surface area contributed by atoms with E-state index in [-0.39, 0.29) is 0 Å². The van der Waals surface area contributed by atoms with E-state index in [0.29, 0.717) is 5.54 Å². The summed E-state index contributed by atoms with van der Waals surface area (Å²) in [5, 5.41) is 0. The monoisotopic (exact) mass is 224 g/mol. The fourth-order valence-corrected chi connectivity index (χ4v) is 3.93. The van der Waals surface area contributed by atoms with Crippen LogP contribution in [0.4, 0.5) is 0 Å². The Bertz CT molecular complexity index is 229. The predicted molar refractivity (Wildman–Crippen MR) is 69.4 cm³/mol. The second-order valence-corrected chi connectivity index (χ2v) is 5.96. The van der Waals surface area contributed by atoms with E-state index in [4.69, 9.17) is 5.73 Å². The maximum absolute atomic E-state index is 6.14. The van der Waals surface area contributed by atoms with Crippen molar-refractivity contribution < 1.29 is 0 Å². The van der Waals surface area contributed by atoms with E-state index in [1.165, 1.54) is 51.6 Å². The molecule has 2 aliphatic rings. The van der Waals surface area contributed by atoms with E-state index in [1.54, 1.807) is 0 Å². The minimum absolute atomic E-state index is 0.355. The van der Waals surface area contributed by atoms with Crippen LogP contribution in [0.5, 0.6) is 0 Å². The number of rotatable bonds is 3. The number of nitrogens with zero attached hydrogens (tertiary/aromatic N) is 1. The van der Waals surface area contributed by atoms with Gasteiger partial charge in [-0.3, -0.25) is 4.90 Å². The lowest BCUT2D eigenvalue weighted by atomic mass is 9.83. The van der Waals surface area contributed by atoms with Crippen molar-refractivity contribution in [1.82, 2.24) is 4.90 Å². The van der Waals surface area contributed by atoms with Crippen molar-refractivity contribution >= 4 is 0 Å². The molecule has 94 valence electrons. The van der Waals surface area contributed by atoms with Crippen LogP contribution in [-0.4, -0.2) is 30.1 Å². The first-order valence-electron chi connectivity index (χ1n) is 7.18. The Labute approximate surface area is 101 Å². The summed E-state index contributed by atoms with van der Waals surface area (Å²) in [5.41, 5.74) is 6.49. The fraction of sp³-hybridized carbons (Fsp3) is 1.00. The van der Waals surface area contributed by atoms with Crippen LogP contribution in [-0.2, 0) is 0 Å². The van der Waals surface area contributed by atoms with Crippen LogP contribution in [0.15, 0.2) is 0 Å². The Morgan fingerprint density at radius 3 is 2.69 bits per heavy atom. The number of nitrogens with two attached hydrogens (primary N) is 1. The van der Waals surface area contributed by atoms with Crippen LogP contribution < -0.4 is 5.73 Å². The van der Waals surface area contributed by atoms with E-state index in [9.17, 15) is 0 Å². The zero-order valence-electron chi connectivity index (χ0n) is 11.0. The van der Waals surface area contributed by atoms with Crippen LogP contribution in [0.25, 0.3) is 0 Å². The van der Waals surface area contributed by atoms with Gasteiger partial charge in [0.2, 0.25) is 0 Å². The quantitative estimate of drug-likeness (QED) is 0.798. The molecule has 0 aromatic carbocycles. The summed E-state index contributed by atoms with van der Waals surface area (Å²) in [4.78, 5) is 2.75. The second kappa shape index (κ2) is 5.05. The molecule has 0 radical (unpaired) electrons. The van der Waals surface area contributed by atoms with Gasteiger partial charge in [-0.25, -0.2) is 0 Å². The highest BCUT2D eigenvalue weighted by atomic mass is 15.2. The van der Waals surface area contributed by atoms with Gasteiger partial charge >= 0.3 is 0 Å². The molecular formula is C14H28N2. The van der Waals surface area contributed by atoms with Gasteiger partial charge in [0, 0.05) is 18.6 Å². The smallest absolute Gasteiger partial charge is 0.0357 e. The Hall–Kier alpha value is -0.0800. The molecule has 1 saturated carbocycles. The molecule has 0 aromatic heterocycles. The SMILES string of the molecule is CCC1CCCN(C2(CN)CCCC2C)C1. The van der Waals surface area contributed by atoms with Gasteiger partial charge in [0.15, 0.2) is 0 Å². The van der Waals surface area contributed by atoms with Crippen molar-refractivity contribution in [2.45, 2.75) is 57.9 Å². The summed E-state index contributed by atoms with van der Waals surface area (Å²) < 4.78 is 0. The van der Waals surface area contributed by atoms with E-state index < -0.39 is 0 Å². The summed E-state index contributed by atoms with van der Waals surface area (Å²) >= 11 is 0. The lowest BCUT2D eigenvalue weighted by Gasteiger charge is -2.48. The van der Waals surface area contributed by atoms with Crippen molar-refractivity contribution in [3.05, 3.63) is 0 Å². The molecular weight excluding hydrogens is 196 g/mol. The maximum Gasteiger partial charge on any atom is 0.0357 e. The van der Waals surface area contributed by atoms with Gasteiger partial charge in [0.25, 0.3) is 0 Å². The Kier molecular flexibility index (Phi) is 3.91. The largest absolute Gasteiger partial charge is 0.329 e. The Morgan fingerprint density at radius 1 is 1.31 bits per heavy atom. The first kappa shape index (κ1) is 12.4. The molecule has 1 aliphatic heterocycles. The van der Waals surface area contributed by atoms with Gasteiger partial charge in [-0.15, -0.1) is 0 Å². The van der Waals surface area contributed by atoms with Crippen molar-refractivity contribution in [2.75, 3.05) is 19.6 Å². The highest BCUT2D eigenvalue weighted by Gasteiger charge is 2.44. The molecule has 3 atom stereocenters. The zero-order chi connectivity index (χ0) is 11.6. The van der Waals surface area contributed by atoms with Gasteiger partial charge in [-0.05, 0) is 44.1 Å². The average Bonchev–Trinajstić information content (AvgIpc) is 2.71. The van der Waals surface area contributed by atoms with Gasteiger partial charge in [-0.1, -0.05) is 26.7 Å². The molecule has 0 bridgehead atoms. The molecule has 1 saturated heterocycles. The first-order valence-corrected chi connectivity index (χ1v) is 7.18. The van der Waals surface area contributed by atoms with Gasteiger partial charge in [0.1, 0.15) is 0 Å². The third kappa shape index (κ3) is 2.02. The molecule has 1 aliphatic carbocycles. The lowest BCUT2D eigenvalue weighted by Crippen LogP contribution is -2.58. The molecule has 2 N–H and O–H groups in total. The number of hydrogen-bond donors (Lipinski definition) is 1. The van der Waals surface area contributed by atoms with Gasteiger partial charge < -0.3 is 5.73 Å². The van der Waals surface area contributed by atoms with E-state index in [1.807, 2.05) is 0 Å². The van der Waals surface area contributed by atoms with Crippen LogP contribution in [0.3, 0.4) is 0 Å². The molecule has 3 unspecified atom stereocenters. The highest BCUT2D eigenvalue weighted by Crippen LogP contribution is 2.41. The summed E-state index contributed by atoms with van der Waals surface area (Å²) in [6, 6.07) is 0. The minimum atomic E-state index is 0.355. The highest BCUT2D eigenvalue weighted by molar-refractivity contribution is 5.01.